The molecule has 0 bridgehead atoms. The van der Waals surface area contributed by atoms with Gasteiger partial charge < -0.3 is 10.1 Å². The summed E-state index contributed by atoms with van der Waals surface area (Å²) < 4.78 is 5.04. The van der Waals surface area contributed by atoms with Gasteiger partial charge in [-0.05, 0) is 31.2 Å². The number of hydrogen-bond donors (Lipinski definition) is 1. The van der Waals surface area contributed by atoms with Crippen molar-refractivity contribution in [2.75, 3.05) is 11.9 Å². The molecule has 3 amide bonds. The number of carbonyl (C=O) groups is 4. The number of amides is 3. The van der Waals surface area contributed by atoms with Crippen molar-refractivity contribution >= 4 is 58.3 Å². The Bertz CT molecular complexity index is 1150. The van der Waals surface area contributed by atoms with Gasteiger partial charge in [-0.15, -0.1) is 0 Å². The van der Waals surface area contributed by atoms with Crippen LogP contribution in [0.4, 0.5) is 11.4 Å². The highest BCUT2D eigenvalue weighted by Crippen LogP contribution is 2.31. The molecule has 2 aromatic carbocycles. The number of esters is 1. The summed E-state index contributed by atoms with van der Waals surface area (Å²) in [4.78, 5) is 60.4. The zero-order chi connectivity index (χ0) is 23.6. The number of hydrogen-bond acceptors (Lipinski definition) is 7. The fourth-order valence-electron chi connectivity index (χ4n) is 3.01. The lowest BCUT2D eigenvalue weighted by Gasteiger charge is -2.16. The van der Waals surface area contributed by atoms with E-state index in [-0.39, 0.29) is 28.4 Å². The van der Waals surface area contributed by atoms with E-state index in [1.807, 2.05) is 0 Å². The Hall–Kier alpha value is -3.50. The first kappa shape index (κ1) is 23.2. The fraction of sp³-hybridized carbons (Fsp3) is 0.200. The molecule has 1 unspecified atom stereocenters. The molecule has 1 heterocycles. The summed E-state index contributed by atoms with van der Waals surface area (Å²) in [5.74, 6) is -3.11. The minimum absolute atomic E-state index is 0.106. The summed E-state index contributed by atoms with van der Waals surface area (Å²) in [6, 6.07) is 8.16. The van der Waals surface area contributed by atoms with E-state index in [1.165, 1.54) is 37.3 Å². The average molecular weight is 480 g/mol. The van der Waals surface area contributed by atoms with Crippen LogP contribution < -0.4 is 5.32 Å². The molecule has 0 saturated heterocycles. The molecule has 3 rings (SSSR count). The van der Waals surface area contributed by atoms with E-state index in [0.29, 0.717) is 5.02 Å². The molecule has 166 valence electrons. The normalized spacial score (nSPS) is 13.5. The maximum atomic E-state index is 12.5. The molecule has 0 aromatic heterocycles. The van der Waals surface area contributed by atoms with Gasteiger partial charge in [0.25, 0.3) is 23.4 Å². The Kier molecular flexibility index (Phi) is 6.75. The Balaban J connectivity index is 1.58. The zero-order valence-electron chi connectivity index (χ0n) is 16.5. The molecule has 0 saturated carbocycles. The number of halogens is 2. The van der Waals surface area contributed by atoms with Gasteiger partial charge >= 0.3 is 5.97 Å². The maximum absolute atomic E-state index is 12.5. The largest absolute Gasteiger partial charge is 0.452 e. The molecular weight excluding hydrogens is 465 g/mol. The van der Waals surface area contributed by atoms with Crippen LogP contribution in [-0.2, 0) is 14.3 Å². The minimum Gasteiger partial charge on any atom is -0.452 e. The highest BCUT2D eigenvalue weighted by molar-refractivity contribution is 6.36. The van der Waals surface area contributed by atoms with Crippen LogP contribution in [0.15, 0.2) is 36.4 Å². The molecule has 1 aliphatic rings. The minimum atomic E-state index is -1.20. The second-order valence-corrected chi connectivity index (χ2v) is 7.56. The molecule has 1 atom stereocenters. The number of carbonyl (C=O) groups excluding carboxylic acids is 4. The number of imide groups is 1. The monoisotopic (exact) mass is 479 g/mol. The van der Waals surface area contributed by atoms with Crippen molar-refractivity contribution in [3.63, 3.8) is 0 Å². The van der Waals surface area contributed by atoms with Crippen molar-refractivity contribution in [3.05, 3.63) is 67.7 Å². The summed E-state index contributed by atoms with van der Waals surface area (Å²) in [6.45, 7) is 0.974. The summed E-state index contributed by atoms with van der Waals surface area (Å²) in [5.41, 5.74) is -0.637. The first-order valence-electron chi connectivity index (χ1n) is 9.19. The molecule has 1 N–H and O–H groups in total. The third-order valence-electron chi connectivity index (χ3n) is 4.58. The number of nitro benzene ring substituents is 1. The lowest BCUT2D eigenvalue weighted by atomic mass is 10.1. The van der Waals surface area contributed by atoms with E-state index < -0.39 is 46.8 Å². The second-order valence-electron chi connectivity index (χ2n) is 6.71. The van der Waals surface area contributed by atoms with Crippen molar-refractivity contribution in [3.8, 4) is 0 Å². The predicted molar refractivity (Wildman–Crippen MR) is 114 cm³/mol. The van der Waals surface area contributed by atoms with Crippen LogP contribution in [0.2, 0.25) is 10.0 Å². The Morgan fingerprint density at radius 1 is 1.19 bits per heavy atom. The number of fused-ring (bicyclic) bond motifs is 1. The highest BCUT2D eigenvalue weighted by Gasteiger charge is 2.40. The number of anilines is 1. The van der Waals surface area contributed by atoms with Crippen LogP contribution in [0.25, 0.3) is 0 Å². The Morgan fingerprint density at radius 2 is 1.91 bits per heavy atom. The van der Waals surface area contributed by atoms with Crippen molar-refractivity contribution in [2.24, 2.45) is 0 Å². The Labute approximate surface area is 191 Å². The SMILES string of the molecule is CC(OC(=O)CCN1C(=O)c2cccc([N+](=O)[O-])c2C1=O)C(=O)Nc1ccc(Cl)cc1Cl. The topological polar surface area (TPSA) is 136 Å². The standard InChI is InChI=1S/C20H15Cl2N3O7/c1-10(18(27)23-14-6-5-11(21)9-13(14)22)32-16(26)7-8-24-19(28)12-3-2-4-15(25(30)31)17(12)20(24)29/h2-6,9-10H,7-8H2,1H3,(H,23,27). The highest BCUT2D eigenvalue weighted by atomic mass is 35.5. The van der Waals surface area contributed by atoms with Crippen molar-refractivity contribution in [2.45, 2.75) is 19.4 Å². The molecule has 12 heteroatoms. The predicted octanol–water partition coefficient (Wildman–Crippen LogP) is 3.46. The van der Waals surface area contributed by atoms with Gasteiger partial charge in [-0.1, -0.05) is 29.3 Å². The number of benzene rings is 2. The zero-order valence-corrected chi connectivity index (χ0v) is 18.0. The molecule has 0 radical (unpaired) electrons. The molecule has 1 aliphatic heterocycles. The van der Waals surface area contributed by atoms with E-state index in [1.54, 1.807) is 0 Å². The van der Waals surface area contributed by atoms with Gasteiger partial charge in [-0.3, -0.25) is 34.2 Å². The average Bonchev–Trinajstić information content (AvgIpc) is 2.98. The van der Waals surface area contributed by atoms with Gasteiger partial charge in [0.05, 0.1) is 27.6 Å². The second kappa shape index (κ2) is 9.33. The number of nitrogens with zero attached hydrogens (tertiary/aromatic N) is 2. The molecular formula is C20H15Cl2N3O7. The smallest absolute Gasteiger partial charge is 0.308 e. The summed E-state index contributed by atoms with van der Waals surface area (Å²) in [5, 5.41) is 14.2. The quantitative estimate of drug-likeness (QED) is 0.277. The Morgan fingerprint density at radius 3 is 2.56 bits per heavy atom. The third kappa shape index (κ3) is 4.71. The number of rotatable bonds is 7. The summed E-state index contributed by atoms with van der Waals surface area (Å²) in [6.07, 6.45) is -1.60. The summed E-state index contributed by atoms with van der Waals surface area (Å²) >= 11 is 11.8. The molecule has 2 aromatic rings. The molecule has 0 spiro atoms. The first-order valence-corrected chi connectivity index (χ1v) is 9.94. The van der Waals surface area contributed by atoms with Crippen LogP contribution in [-0.4, -0.2) is 46.2 Å². The van der Waals surface area contributed by atoms with E-state index in [2.05, 4.69) is 5.32 Å². The lowest BCUT2D eigenvalue weighted by molar-refractivity contribution is -0.385. The van der Waals surface area contributed by atoms with Gasteiger partial charge in [0, 0.05) is 17.6 Å². The van der Waals surface area contributed by atoms with Crippen LogP contribution in [0.3, 0.4) is 0 Å². The maximum Gasteiger partial charge on any atom is 0.308 e. The number of nitro groups is 1. The molecule has 32 heavy (non-hydrogen) atoms. The van der Waals surface area contributed by atoms with Crippen LogP contribution >= 0.6 is 23.2 Å². The van der Waals surface area contributed by atoms with Crippen LogP contribution in [0, 0.1) is 10.1 Å². The van der Waals surface area contributed by atoms with Gasteiger partial charge in [0.15, 0.2) is 6.10 Å². The van der Waals surface area contributed by atoms with Crippen molar-refractivity contribution < 1.29 is 28.8 Å². The van der Waals surface area contributed by atoms with Gasteiger partial charge in [-0.2, -0.15) is 0 Å². The third-order valence-corrected chi connectivity index (χ3v) is 5.13. The molecule has 10 nitrogen and oxygen atoms in total. The van der Waals surface area contributed by atoms with Crippen LogP contribution in [0.1, 0.15) is 34.1 Å². The van der Waals surface area contributed by atoms with Gasteiger partial charge in [-0.25, -0.2) is 0 Å². The van der Waals surface area contributed by atoms with Gasteiger partial charge in [0.2, 0.25) is 0 Å². The van der Waals surface area contributed by atoms with E-state index >= 15 is 0 Å². The van der Waals surface area contributed by atoms with E-state index in [4.69, 9.17) is 27.9 Å². The van der Waals surface area contributed by atoms with E-state index in [0.717, 1.165) is 11.0 Å². The number of nitrogens with one attached hydrogen (secondary N) is 1. The van der Waals surface area contributed by atoms with Crippen molar-refractivity contribution in [1.82, 2.24) is 4.90 Å². The van der Waals surface area contributed by atoms with Crippen LogP contribution in [0.5, 0.6) is 0 Å². The van der Waals surface area contributed by atoms with Crippen molar-refractivity contribution in [1.29, 1.82) is 0 Å². The lowest BCUT2D eigenvalue weighted by Crippen LogP contribution is -2.34. The summed E-state index contributed by atoms with van der Waals surface area (Å²) in [7, 11) is 0. The molecule has 0 aliphatic carbocycles. The first-order chi connectivity index (χ1) is 15.1. The number of ether oxygens (including phenoxy) is 1. The van der Waals surface area contributed by atoms with E-state index in [9.17, 15) is 29.3 Å². The molecule has 0 fully saturated rings. The fourth-order valence-corrected chi connectivity index (χ4v) is 3.46. The van der Waals surface area contributed by atoms with Gasteiger partial charge in [0.1, 0.15) is 5.56 Å².